The lowest BCUT2D eigenvalue weighted by molar-refractivity contribution is -0.128. The molecule has 1 amide bonds. The molecule has 1 unspecified atom stereocenters. The first-order valence-electron chi connectivity index (χ1n) is 11.8. The summed E-state index contributed by atoms with van der Waals surface area (Å²) in [6.07, 6.45) is 5.64. The van der Waals surface area contributed by atoms with Gasteiger partial charge >= 0.3 is 0 Å². The first kappa shape index (κ1) is 24.8. The molecule has 0 aromatic heterocycles. The standard InChI is InChI=1S/C28H30F2N2O3/c1-27(2,3)20-14-11-17(24-25(33)28(4,5)35-32-24)15-19(20)16-9-12-18(13-10-16)31-26(34)23-21(29)7-6-8-22(23)30/h6-7,9,11-12,14-15,22H,8,10,13H2,1-5H3,(H,31,34). The minimum Gasteiger partial charge on any atom is -0.381 e. The lowest BCUT2D eigenvalue weighted by Crippen LogP contribution is -2.33. The van der Waals surface area contributed by atoms with E-state index in [-0.39, 0.29) is 17.6 Å². The fraction of sp³-hybridized carbons (Fsp3) is 0.393. The third-order valence-corrected chi connectivity index (χ3v) is 6.42. The molecule has 0 spiro atoms. The van der Waals surface area contributed by atoms with Crippen molar-refractivity contribution in [3.05, 3.63) is 76.3 Å². The Kier molecular flexibility index (Phi) is 6.38. The normalized spacial score (nSPS) is 21.9. The Bertz CT molecular complexity index is 1240. The van der Waals surface area contributed by atoms with Crippen LogP contribution in [0.25, 0.3) is 5.57 Å². The van der Waals surface area contributed by atoms with Crippen molar-refractivity contribution in [3.8, 4) is 0 Å². The molecular formula is C28H30F2N2O3. The topological polar surface area (TPSA) is 67.8 Å². The largest absolute Gasteiger partial charge is 0.381 e. The lowest BCUT2D eigenvalue weighted by Gasteiger charge is -2.26. The van der Waals surface area contributed by atoms with Gasteiger partial charge in [-0.1, -0.05) is 50.2 Å². The molecule has 0 saturated carbocycles. The van der Waals surface area contributed by atoms with E-state index in [1.807, 2.05) is 24.3 Å². The van der Waals surface area contributed by atoms with Gasteiger partial charge in [0.2, 0.25) is 5.78 Å². The minimum absolute atomic E-state index is 0.0127. The average molecular weight is 481 g/mol. The Balaban J connectivity index is 1.64. The minimum atomic E-state index is -1.65. The van der Waals surface area contributed by atoms with Crippen molar-refractivity contribution in [1.29, 1.82) is 0 Å². The number of amides is 1. The van der Waals surface area contributed by atoms with Crippen LogP contribution in [0.15, 0.2) is 64.8 Å². The fourth-order valence-electron chi connectivity index (χ4n) is 4.40. The molecule has 4 rings (SSSR count). The van der Waals surface area contributed by atoms with E-state index in [0.717, 1.165) is 22.8 Å². The van der Waals surface area contributed by atoms with Crippen molar-refractivity contribution in [2.45, 2.75) is 71.1 Å². The third-order valence-electron chi connectivity index (χ3n) is 6.42. The van der Waals surface area contributed by atoms with Gasteiger partial charge in [0, 0.05) is 17.7 Å². The highest BCUT2D eigenvalue weighted by Gasteiger charge is 2.40. The quantitative estimate of drug-likeness (QED) is 0.595. The van der Waals surface area contributed by atoms with Gasteiger partial charge in [0.05, 0.1) is 5.57 Å². The van der Waals surface area contributed by atoms with E-state index in [0.29, 0.717) is 29.8 Å². The molecule has 184 valence electrons. The number of halogens is 2. The highest BCUT2D eigenvalue weighted by atomic mass is 19.1. The molecule has 1 heterocycles. The van der Waals surface area contributed by atoms with Crippen LogP contribution in [-0.4, -0.2) is 29.2 Å². The number of benzene rings is 1. The molecule has 0 fully saturated rings. The zero-order chi connectivity index (χ0) is 25.5. The summed E-state index contributed by atoms with van der Waals surface area (Å²) in [4.78, 5) is 30.6. The second kappa shape index (κ2) is 9.02. The molecule has 0 bridgehead atoms. The molecule has 1 atom stereocenters. The molecule has 7 heteroatoms. The second-order valence-corrected chi connectivity index (χ2v) is 10.6. The van der Waals surface area contributed by atoms with Gasteiger partial charge in [-0.25, -0.2) is 8.78 Å². The number of hydrogen-bond donors (Lipinski definition) is 1. The highest BCUT2D eigenvalue weighted by molar-refractivity contribution is 6.49. The van der Waals surface area contributed by atoms with Crippen LogP contribution >= 0.6 is 0 Å². The Morgan fingerprint density at radius 3 is 2.51 bits per heavy atom. The number of carbonyl (C=O) groups excluding carboxylic acids is 2. The zero-order valence-electron chi connectivity index (χ0n) is 20.7. The summed E-state index contributed by atoms with van der Waals surface area (Å²) in [5.74, 6) is -1.75. The Labute approximate surface area is 204 Å². The molecule has 35 heavy (non-hydrogen) atoms. The Hall–Kier alpha value is -3.35. The number of carbonyl (C=O) groups is 2. The van der Waals surface area contributed by atoms with Crippen LogP contribution in [0.3, 0.4) is 0 Å². The monoisotopic (exact) mass is 480 g/mol. The van der Waals surface area contributed by atoms with Crippen molar-refractivity contribution >= 4 is 23.0 Å². The van der Waals surface area contributed by atoms with Crippen LogP contribution in [-0.2, 0) is 19.8 Å². The van der Waals surface area contributed by atoms with E-state index in [9.17, 15) is 18.4 Å². The molecule has 5 nitrogen and oxygen atoms in total. The van der Waals surface area contributed by atoms with Crippen molar-refractivity contribution in [2.75, 3.05) is 0 Å². The van der Waals surface area contributed by atoms with E-state index in [2.05, 4.69) is 31.2 Å². The van der Waals surface area contributed by atoms with Crippen LogP contribution < -0.4 is 5.32 Å². The maximum atomic E-state index is 14.1. The van der Waals surface area contributed by atoms with Gasteiger partial charge in [0.15, 0.2) is 11.3 Å². The number of rotatable bonds is 4. The number of hydrogen-bond acceptors (Lipinski definition) is 4. The van der Waals surface area contributed by atoms with Gasteiger partial charge < -0.3 is 10.2 Å². The van der Waals surface area contributed by atoms with E-state index < -0.39 is 29.1 Å². The maximum absolute atomic E-state index is 14.1. The number of Topliss-reactive ketones (excluding diaryl/α,β-unsaturated/α-hetero) is 1. The smallest absolute Gasteiger partial charge is 0.257 e. The van der Waals surface area contributed by atoms with Crippen LogP contribution in [0.4, 0.5) is 8.78 Å². The molecule has 1 N–H and O–H groups in total. The summed E-state index contributed by atoms with van der Waals surface area (Å²) in [6, 6.07) is 5.87. The molecule has 0 saturated heterocycles. The number of oxime groups is 1. The lowest BCUT2D eigenvalue weighted by atomic mass is 9.79. The number of nitrogens with zero attached hydrogens (tertiary/aromatic N) is 1. The predicted molar refractivity (Wildman–Crippen MR) is 132 cm³/mol. The van der Waals surface area contributed by atoms with Gasteiger partial charge in [-0.3, -0.25) is 9.59 Å². The van der Waals surface area contributed by atoms with E-state index in [4.69, 9.17) is 4.84 Å². The van der Waals surface area contributed by atoms with Gasteiger partial charge in [-0.15, -0.1) is 0 Å². The van der Waals surface area contributed by atoms with E-state index in [1.165, 1.54) is 6.08 Å². The Morgan fingerprint density at radius 2 is 1.94 bits per heavy atom. The molecular weight excluding hydrogens is 450 g/mol. The summed E-state index contributed by atoms with van der Waals surface area (Å²) >= 11 is 0. The SMILES string of the molecule is CC1(C)ON=C(c2ccc(C(C)(C)C)c(C3=CC=C(NC(=O)C4=C(F)C=CCC4F)CC3)c2)C1=O. The summed E-state index contributed by atoms with van der Waals surface area (Å²) < 4.78 is 28.1. The Morgan fingerprint density at radius 1 is 1.20 bits per heavy atom. The average Bonchev–Trinajstić information content (AvgIpc) is 3.05. The second-order valence-electron chi connectivity index (χ2n) is 10.6. The first-order valence-corrected chi connectivity index (χ1v) is 11.8. The van der Waals surface area contributed by atoms with Crippen LogP contribution in [0.2, 0.25) is 0 Å². The molecule has 1 aliphatic heterocycles. The highest BCUT2D eigenvalue weighted by Crippen LogP contribution is 2.36. The summed E-state index contributed by atoms with van der Waals surface area (Å²) in [6.45, 7) is 9.74. The fourth-order valence-corrected chi connectivity index (χ4v) is 4.40. The number of allylic oxidation sites excluding steroid dienone is 7. The summed E-state index contributed by atoms with van der Waals surface area (Å²) in [5.41, 5.74) is 3.13. The number of ketones is 1. The first-order chi connectivity index (χ1) is 16.4. The van der Waals surface area contributed by atoms with Crippen molar-refractivity contribution in [3.63, 3.8) is 0 Å². The zero-order valence-corrected chi connectivity index (χ0v) is 20.7. The molecule has 1 aromatic rings. The third kappa shape index (κ3) is 4.90. The molecule has 1 aromatic carbocycles. The predicted octanol–water partition coefficient (Wildman–Crippen LogP) is 5.77. The van der Waals surface area contributed by atoms with E-state index in [1.54, 1.807) is 19.9 Å². The maximum Gasteiger partial charge on any atom is 0.257 e. The van der Waals surface area contributed by atoms with Crippen molar-refractivity contribution in [1.82, 2.24) is 5.32 Å². The van der Waals surface area contributed by atoms with Gasteiger partial charge in [-0.2, -0.15) is 0 Å². The molecule has 2 aliphatic carbocycles. The number of nitrogens with one attached hydrogen (secondary N) is 1. The summed E-state index contributed by atoms with van der Waals surface area (Å²) in [7, 11) is 0. The van der Waals surface area contributed by atoms with E-state index >= 15 is 0 Å². The van der Waals surface area contributed by atoms with Crippen LogP contribution in [0.5, 0.6) is 0 Å². The molecule has 3 aliphatic rings. The van der Waals surface area contributed by atoms with Gasteiger partial charge in [0.1, 0.15) is 12.0 Å². The van der Waals surface area contributed by atoms with Gasteiger partial charge in [-0.05, 0) is 67.0 Å². The summed E-state index contributed by atoms with van der Waals surface area (Å²) in [5, 5.41) is 6.70. The van der Waals surface area contributed by atoms with Crippen molar-refractivity contribution < 1.29 is 23.2 Å². The van der Waals surface area contributed by atoms with Crippen LogP contribution in [0, 0.1) is 0 Å². The van der Waals surface area contributed by atoms with Crippen LogP contribution in [0.1, 0.15) is 70.6 Å². The van der Waals surface area contributed by atoms with Gasteiger partial charge in [0.25, 0.3) is 5.91 Å². The van der Waals surface area contributed by atoms with Crippen molar-refractivity contribution in [2.24, 2.45) is 5.16 Å². The molecule has 0 radical (unpaired) electrons. The number of alkyl halides is 1.